The molecule has 1 saturated carbocycles. The molecule has 0 saturated heterocycles. The molecule has 0 spiro atoms. The Kier molecular flexibility index (Phi) is 13.8. The van der Waals surface area contributed by atoms with Gasteiger partial charge in [-0.25, -0.2) is 26.9 Å². The molecule has 1 aliphatic carbocycles. The zero-order chi connectivity index (χ0) is 25.8. The monoisotopic (exact) mass is 613 g/mol. The van der Waals surface area contributed by atoms with E-state index in [0.29, 0.717) is 0 Å². The molecule has 0 bridgehead atoms. The Labute approximate surface area is 221 Å². The van der Waals surface area contributed by atoms with Crippen molar-refractivity contribution in [2.75, 3.05) is 0 Å². The van der Waals surface area contributed by atoms with Gasteiger partial charge in [0.25, 0.3) is 0 Å². The summed E-state index contributed by atoms with van der Waals surface area (Å²) in [6.45, 7) is 0. The van der Waals surface area contributed by atoms with Gasteiger partial charge in [0.15, 0.2) is 23.3 Å². The van der Waals surface area contributed by atoms with E-state index in [1.54, 1.807) is 6.07 Å². The molecule has 0 aromatic heterocycles. The molecule has 3 rings (SSSR count). The molecule has 2 aromatic carbocycles. The predicted molar refractivity (Wildman–Crippen MR) is 127 cm³/mol. The quantitative estimate of drug-likeness (QED) is 0.159. The average molecular weight is 616 g/mol. The number of hydrogen-bond acceptors (Lipinski definition) is 2. The summed E-state index contributed by atoms with van der Waals surface area (Å²) in [6, 6.07) is 5.01. The fourth-order valence-electron chi connectivity index (χ4n) is 4.33. The van der Waals surface area contributed by atoms with Gasteiger partial charge in [-0.1, -0.05) is 69.9 Å². The van der Waals surface area contributed by atoms with E-state index in [2.05, 4.69) is 4.99 Å². The summed E-state index contributed by atoms with van der Waals surface area (Å²) in [4.78, 5) is 3.49. The van der Waals surface area contributed by atoms with E-state index < -0.39 is 55.6 Å². The van der Waals surface area contributed by atoms with Crippen LogP contribution in [-0.4, -0.2) is 11.3 Å². The summed E-state index contributed by atoms with van der Waals surface area (Å²) in [6.07, 6.45) is 13.3. The SMILES string of the molecule is Oc1c(C=Nc2c(F)c(F)c(F)c(F)c2F)cccc1C1CCCCCCCCCCC1.[Cl][Zr][Cl]. The zero-order valence-electron chi connectivity index (χ0n) is 19.2. The molecule has 2 nitrogen and oxygen atoms in total. The third-order valence-corrected chi connectivity index (χ3v) is 6.16. The van der Waals surface area contributed by atoms with Crippen molar-refractivity contribution in [2.45, 2.75) is 76.5 Å². The van der Waals surface area contributed by atoms with Gasteiger partial charge in [-0.3, -0.25) is 0 Å². The first kappa shape index (κ1) is 30.2. The van der Waals surface area contributed by atoms with Crippen molar-refractivity contribution in [1.29, 1.82) is 0 Å². The van der Waals surface area contributed by atoms with Crippen LogP contribution in [0.15, 0.2) is 23.2 Å². The third-order valence-electron chi connectivity index (χ3n) is 6.16. The topological polar surface area (TPSA) is 32.6 Å². The Hall–Kier alpha value is -0.977. The van der Waals surface area contributed by atoms with Crippen LogP contribution in [0.3, 0.4) is 0 Å². The standard InChI is InChI=1S/C25H28F5NO.2ClH.Zr/c26-19-20(27)22(29)24(23(30)21(19)28)31-15-17-13-10-14-18(25(17)32)16-11-8-6-4-2-1-3-5-7-9-12-16;;;/h10,13-16,32H,1-9,11-12H2;2*1H;/q;;;+2/p-2. The predicted octanol–water partition coefficient (Wildman–Crippen LogP) is 9.60. The van der Waals surface area contributed by atoms with Gasteiger partial charge >= 0.3 is 37.9 Å². The maximum absolute atomic E-state index is 13.9. The van der Waals surface area contributed by atoms with Crippen molar-refractivity contribution in [3.63, 3.8) is 0 Å². The minimum absolute atomic E-state index is 0.0720. The number of aliphatic imine (C=N–C) groups is 1. The Bertz CT molecular complexity index is 952. The summed E-state index contributed by atoms with van der Waals surface area (Å²) in [7, 11) is 9.87. The van der Waals surface area contributed by atoms with Gasteiger partial charge in [0.2, 0.25) is 5.82 Å². The number of rotatable bonds is 3. The van der Waals surface area contributed by atoms with E-state index in [0.717, 1.165) is 50.3 Å². The molecule has 0 heterocycles. The van der Waals surface area contributed by atoms with Crippen LogP contribution < -0.4 is 0 Å². The molecule has 0 aliphatic heterocycles. The van der Waals surface area contributed by atoms with Crippen molar-refractivity contribution < 1.29 is 47.9 Å². The summed E-state index contributed by atoms with van der Waals surface area (Å²) >= 11 is -0.826. The summed E-state index contributed by atoms with van der Waals surface area (Å²) in [5.41, 5.74) is -0.391. The molecule has 0 radical (unpaired) electrons. The van der Waals surface area contributed by atoms with Gasteiger partial charge < -0.3 is 5.11 Å². The van der Waals surface area contributed by atoms with Crippen LogP contribution in [0.25, 0.3) is 0 Å². The molecule has 2 aromatic rings. The summed E-state index contributed by atoms with van der Waals surface area (Å²) in [5.74, 6) is -10.3. The second-order valence-electron chi connectivity index (χ2n) is 8.49. The van der Waals surface area contributed by atoms with Crippen molar-refractivity contribution in [1.82, 2.24) is 0 Å². The first-order valence-corrected chi connectivity index (χ1v) is 18.0. The van der Waals surface area contributed by atoms with E-state index in [1.807, 2.05) is 6.07 Å². The van der Waals surface area contributed by atoms with Crippen LogP contribution >= 0.6 is 17.0 Å². The van der Waals surface area contributed by atoms with Gasteiger partial charge in [-0.05, 0) is 30.4 Å². The van der Waals surface area contributed by atoms with Crippen LogP contribution in [0.4, 0.5) is 27.6 Å². The van der Waals surface area contributed by atoms with Crippen LogP contribution in [0.5, 0.6) is 5.75 Å². The number of nitrogens with zero attached hydrogens (tertiary/aromatic N) is 1. The Balaban J connectivity index is 0.00000137. The molecular formula is C25H28Cl2F5NOZr. The number of benzene rings is 2. The molecule has 1 N–H and O–H groups in total. The second-order valence-corrected chi connectivity index (χ2v) is 12.2. The number of para-hydroxylation sites is 1. The second kappa shape index (κ2) is 16.0. The molecular weight excluding hydrogens is 587 g/mol. The first-order chi connectivity index (χ1) is 16.8. The normalized spacial score (nSPS) is 16.2. The van der Waals surface area contributed by atoms with Gasteiger partial charge in [-0.15, -0.1) is 0 Å². The van der Waals surface area contributed by atoms with Gasteiger partial charge in [0.1, 0.15) is 11.4 Å². The van der Waals surface area contributed by atoms with E-state index in [4.69, 9.17) is 17.0 Å². The molecule has 0 atom stereocenters. The van der Waals surface area contributed by atoms with E-state index in [-0.39, 0.29) is 17.2 Å². The fourth-order valence-corrected chi connectivity index (χ4v) is 4.33. The molecule has 192 valence electrons. The summed E-state index contributed by atoms with van der Waals surface area (Å²) in [5, 5.41) is 10.8. The number of hydrogen-bond donors (Lipinski definition) is 1. The molecule has 1 aliphatic rings. The number of phenols is 1. The Morgan fingerprint density at radius 1 is 0.743 bits per heavy atom. The van der Waals surface area contributed by atoms with Gasteiger partial charge in [0.05, 0.1) is 0 Å². The number of halogens is 7. The molecule has 0 unspecified atom stereocenters. The van der Waals surface area contributed by atoms with Crippen LogP contribution in [0.2, 0.25) is 0 Å². The van der Waals surface area contributed by atoms with Crippen molar-refractivity contribution >= 4 is 28.9 Å². The maximum atomic E-state index is 13.9. The zero-order valence-corrected chi connectivity index (χ0v) is 23.2. The minimum atomic E-state index is -2.23. The van der Waals surface area contributed by atoms with Crippen molar-refractivity contribution in [3.05, 3.63) is 58.4 Å². The average Bonchev–Trinajstić information content (AvgIpc) is 2.83. The van der Waals surface area contributed by atoms with Crippen LogP contribution in [-0.2, 0) is 20.8 Å². The van der Waals surface area contributed by atoms with Crippen molar-refractivity contribution in [3.8, 4) is 5.75 Å². The third kappa shape index (κ3) is 8.82. The van der Waals surface area contributed by atoms with Crippen LogP contribution in [0, 0.1) is 29.1 Å². The molecule has 10 heteroatoms. The molecule has 35 heavy (non-hydrogen) atoms. The molecule has 0 amide bonds. The van der Waals surface area contributed by atoms with E-state index in [9.17, 15) is 27.1 Å². The van der Waals surface area contributed by atoms with Crippen LogP contribution in [0.1, 0.15) is 87.7 Å². The number of phenolic OH excluding ortho intramolecular Hbond substituents is 1. The molecule has 1 fully saturated rings. The van der Waals surface area contributed by atoms with Gasteiger partial charge in [0, 0.05) is 11.8 Å². The Morgan fingerprint density at radius 3 is 1.66 bits per heavy atom. The fraction of sp³-hybridized carbons (Fsp3) is 0.480. The van der Waals surface area contributed by atoms with E-state index >= 15 is 0 Å². The Morgan fingerprint density at radius 2 is 1.17 bits per heavy atom. The first-order valence-electron chi connectivity index (χ1n) is 11.7. The van der Waals surface area contributed by atoms with Gasteiger partial charge in [-0.2, -0.15) is 0 Å². The van der Waals surface area contributed by atoms with E-state index in [1.165, 1.54) is 38.2 Å². The van der Waals surface area contributed by atoms with Crippen molar-refractivity contribution in [2.24, 2.45) is 4.99 Å². The summed E-state index contributed by atoms with van der Waals surface area (Å²) < 4.78 is 67.9. The number of aromatic hydroxyl groups is 1.